The van der Waals surface area contributed by atoms with Crippen molar-refractivity contribution in [1.82, 2.24) is 0 Å². The van der Waals surface area contributed by atoms with Gasteiger partial charge in [0.05, 0.1) is 11.3 Å². The summed E-state index contributed by atoms with van der Waals surface area (Å²) in [5.41, 5.74) is -0.514. The van der Waals surface area contributed by atoms with E-state index in [0.717, 1.165) is 12.5 Å². The second kappa shape index (κ2) is 3.74. The van der Waals surface area contributed by atoms with Gasteiger partial charge in [-0.3, -0.25) is 4.18 Å². The second-order valence-electron chi connectivity index (χ2n) is 4.92. The highest BCUT2D eigenvalue weighted by Gasteiger charge is 2.71. The molecular weight excluding hydrogens is 262 g/mol. The monoisotopic (exact) mass is 276 g/mol. The van der Waals surface area contributed by atoms with Crippen molar-refractivity contribution < 1.29 is 21.4 Å². The summed E-state index contributed by atoms with van der Waals surface area (Å²) < 4.78 is 54.6. The molecule has 1 fully saturated rings. The molecule has 18 heavy (non-hydrogen) atoms. The van der Waals surface area contributed by atoms with Gasteiger partial charge in [0, 0.05) is 0 Å². The Labute approximate surface area is 105 Å². The molecule has 0 aliphatic heterocycles. The molecule has 1 saturated carbocycles. The Morgan fingerprint density at radius 3 is 2.28 bits per heavy atom. The fourth-order valence-corrected chi connectivity index (χ4v) is 3.28. The van der Waals surface area contributed by atoms with Gasteiger partial charge in [0.1, 0.15) is 0 Å². The van der Waals surface area contributed by atoms with Crippen LogP contribution in [0.4, 0.5) is 8.78 Å². The van der Waals surface area contributed by atoms with Gasteiger partial charge in [0.25, 0.3) is 16.0 Å². The molecule has 0 spiro atoms. The van der Waals surface area contributed by atoms with Crippen LogP contribution in [0.5, 0.6) is 0 Å². The second-order valence-corrected chi connectivity index (χ2v) is 6.43. The Kier molecular flexibility index (Phi) is 2.79. The fourth-order valence-electron chi connectivity index (χ4n) is 1.84. The number of alkyl halides is 2. The topological polar surface area (TPSA) is 43.4 Å². The minimum absolute atomic E-state index is 0.0583. The number of hydrogen-bond acceptors (Lipinski definition) is 3. The van der Waals surface area contributed by atoms with Crippen LogP contribution in [0.3, 0.4) is 0 Å². The zero-order valence-corrected chi connectivity index (χ0v) is 11.1. The molecule has 0 heterocycles. The van der Waals surface area contributed by atoms with Crippen molar-refractivity contribution in [3.05, 3.63) is 29.3 Å². The van der Waals surface area contributed by atoms with Gasteiger partial charge in [-0.05, 0) is 32.4 Å². The number of rotatable bonds is 3. The number of aryl methyl sites for hydroxylation is 2. The molecule has 1 aromatic rings. The first-order chi connectivity index (χ1) is 8.07. The van der Waals surface area contributed by atoms with E-state index in [4.69, 9.17) is 0 Å². The molecule has 0 saturated heterocycles. The highest BCUT2D eigenvalue weighted by Crippen LogP contribution is 2.56. The fraction of sp³-hybridized carbons (Fsp3) is 0.500. The molecule has 0 N–H and O–H groups in total. The maximum atomic E-state index is 13.0. The minimum atomic E-state index is -4.15. The number of hydrogen-bond donors (Lipinski definition) is 0. The van der Waals surface area contributed by atoms with Crippen molar-refractivity contribution in [1.29, 1.82) is 0 Å². The highest BCUT2D eigenvalue weighted by atomic mass is 32.2. The average Bonchev–Trinajstić information content (AvgIpc) is 2.61. The predicted molar refractivity (Wildman–Crippen MR) is 62.2 cm³/mol. The molecule has 1 aliphatic rings. The largest absolute Gasteiger partial charge is 0.297 e. The van der Waals surface area contributed by atoms with E-state index in [1.54, 1.807) is 19.1 Å². The summed E-state index contributed by atoms with van der Waals surface area (Å²) in [5, 5.41) is 0. The van der Waals surface area contributed by atoms with Crippen molar-refractivity contribution in [2.24, 2.45) is 0 Å². The molecule has 1 unspecified atom stereocenters. The van der Waals surface area contributed by atoms with Crippen molar-refractivity contribution in [2.75, 3.05) is 0 Å². The van der Waals surface area contributed by atoms with E-state index < -0.39 is 28.1 Å². The van der Waals surface area contributed by atoms with Gasteiger partial charge in [0.15, 0.2) is 5.60 Å². The molecule has 0 aromatic heterocycles. The lowest BCUT2D eigenvalue weighted by atomic mass is 10.2. The van der Waals surface area contributed by atoms with Crippen LogP contribution in [-0.2, 0) is 14.3 Å². The van der Waals surface area contributed by atoms with Crippen LogP contribution in [0.15, 0.2) is 23.1 Å². The lowest BCUT2D eigenvalue weighted by molar-refractivity contribution is 0.0233. The highest BCUT2D eigenvalue weighted by molar-refractivity contribution is 7.86. The van der Waals surface area contributed by atoms with Crippen molar-refractivity contribution in [3.63, 3.8) is 0 Å². The molecule has 0 radical (unpaired) electrons. The third-order valence-corrected chi connectivity index (χ3v) is 4.69. The third kappa shape index (κ3) is 2.14. The molecule has 0 amide bonds. The van der Waals surface area contributed by atoms with E-state index in [1.807, 2.05) is 6.92 Å². The molecule has 3 nitrogen and oxygen atoms in total. The number of halogens is 2. The van der Waals surface area contributed by atoms with Crippen molar-refractivity contribution in [2.45, 2.75) is 43.6 Å². The van der Waals surface area contributed by atoms with Crippen molar-refractivity contribution in [3.8, 4) is 0 Å². The van der Waals surface area contributed by atoms with Crippen molar-refractivity contribution >= 4 is 10.1 Å². The van der Waals surface area contributed by atoms with Gasteiger partial charge in [-0.25, -0.2) is 8.78 Å². The van der Waals surface area contributed by atoms with Crippen LogP contribution in [0, 0.1) is 13.8 Å². The van der Waals surface area contributed by atoms with E-state index >= 15 is 0 Å². The van der Waals surface area contributed by atoms with Crippen LogP contribution >= 0.6 is 0 Å². The molecule has 1 atom stereocenters. The first-order valence-corrected chi connectivity index (χ1v) is 6.89. The summed E-state index contributed by atoms with van der Waals surface area (Å²) >= 11 is 0. The van der Waals surface area contributed by atoms with Gasteiger partial charge in [-0.15, -0.1) is 0 Å². The van der Waals surface area contributed by atoms with E-state index in [9.17, 15) is 17.2 Å². The van der Waals surface area contributed by atoms with E-state index in [2.05, 4.69) is 4.18 Å². The lowest BCUT2D eigenvalue weighted by Gasteiger charge is -2.13. The SMILES string of the molecule is Cc1ccc(S(=O)(=O)OC2(C)CC2(F)F)c(C)c1. The van der Waals surface area contributed by atoms with Gasteiger partial charge in [0.2, 0.25) is 0 Å². The Balaban J connectivity index is 2.33. The maximum Gasteiger partial charge on any atom is 0.297 e. The van der Waals surface area contributed by atoms with E-state index in [0.29, 0.717) is 5.56 Å². The molecular formula is C12H14F2O3S. The average molecular weight is 276 g/mol. The summed E-state index contributed by atoms with van der Waals surface area (Å²) in [4.78, 5) is -0.0583. The molecule has 1 aliphatic carbocycles. The zero-order chi connectivity index (χ0) is 13.8. The summed E-state index contributed by atoms with van der Waals surface area (Å²) in [6.07, 6.45) is -0.565. The van der Waals surface area contributed by atoms with Crippen LogP contribution in [0.25, 0.3) is 0 Å². The molecule has 6 heteroatoms. The van der Waals surface area contributed by atoms with Gasteiger partial charge in [-0.2, -0.15) is 8.42 Å². The van der Waals surface area contributed by atoms with E-state index in [1.165, 1.54) is 6.07 Å². The Morgan fingerprint density at radius 2 is 1.83 bits per heavy atom. The third-order valence-electron chi connectivity index (χ3n) is 3.10. The molecule has 100 valence electrons. The van der Waals surface area contributed by atoms with Gasteiger partial charge in [-0.1, -0.05) is 17.7 Å². The Hall–Kier alpha value is -1.01. The summed E-state index contributed by atoms with van der Waals surface area (Å²) in [7, 11) is -4.15. The quantitative estimate of drug-likeness (QED) is 0.797. The van der Waals surface area contributed by atoms with Crippen LogP contribution in [0.1, 0.15) is 24.5 Å². The Bertz CT molecular complexity index is 595. The Morgan fingerprint density at radius 1 is 1.28 bits per heavy atom. The zero-order valence-electron chi connectivity index (χ0n) is 10.3. The number of benzene rings is 1. The first-order valence-electron chi connectivity index (χ1n) is 5.48. The molecule has 1 aromatic carbocycles. The first kappa shape index (κ1) is 13.4. The maximum absolute atomic E-state index is 13.0. The van der Waals surface area contributed by atoms with Crippen LogP contribution in [0.2, 0.25) is 0 Å². The lowest BCUT2D eigenvalue weighted by Crippen LogP contribution is -2.23. The minimum Gasteiger partial charge on any atom is -0.253 e. The smallest absolute Gasteiger partial charge is 0.253 e. The van der Waals surface area contributed by atoms with Crippen LogP contribution in [-0.4, -0.2) is 19.9 Å². The summed E-state index contributed by atoms with van der Waals surface area (Å²) in [6, 6.07) is 4.66. The normalized spacial score (nSPS) is 26.1. The predicted octanol–water partition coefficient (Wildman–Crippen LogP) is 2.81. The van der Waals surface area contributed by atoms with Gasteiger partial charge < -0.3 is 0 Å². The summed E-state index contributed by atoms with van der Waals surface area (Å²) in [5.74, 6) is -3.07. The van der Waals surface area contributed by atoms with Gasteiger partial charge >= 0.3 is 0 Å². The molecule has 2 rings (SSSR count). The van der Waals surface area contributed by atoms with E-state index in [-0.39, 0.29) is 4.90 Å². The standard InChI is InChI=1S/C12H14F2O3S/c1-8-4-5-10(9(2)6-8)18(15,16)17-11(3)7-12(11,13)14/h4-6H,7H2,1-3H3. The summed E-state index contributed by atoms with van der Waals surface area (Å²) in [6.45, 7) is 4.53. The molecule has 0 bridgehead atoms. The van der Waals surface area contributed by atoms with Crippen LogP contribution < -0.4 is 0 Å².